The summed E-state index contributed by atoms with van der Waals surface area (Å²) in [5.41, 5.74) is 7.93. The molecule has 3 rings (SSSR count). The third kappa shape index (κ3) is 2.50. The summed E-state index contributed by atoms with van der Waals surface area (Å²) in [5.74, 6) is 0.529. The molecule has 1 aliphatic carbocycles. The summed E-state index contributed by atoms with van der Waals surface area (Å²) in [7, 11) is 0. The Morgan fingerprint density at radius 2 is 2.28 bits per heavy atom. The molecule has 0 radical (unpaired) electrons. The molecule has 0 aliphatic heterocycles. The van der Waals surface area contributed by atoms with Crippen LogP contribution in [0, 0.1) is 0 Å². The van der Waals surface area contributed by atoms with Crippen LogP contribution in [0.15, 0.2) is 23.6 Å². The minimum Gasteiger partial charge on any atom is -0.327 e. The lowest BCUT2D eigenvalue weighted by molar-refractivity contribution is 0.465. The second-order valence-corrected chi connectivity index (χ2v) is 7.67. The Kier molecular flexibility index (Phi) is 3.76. The molecule has 0 aromatic carbocycles. The first-order valence-corrected chi connectivity index (χ1v) is 8.37. The molecular weight excluding hydrogens is 282 g/mol. The minimum absolute atomic E-state index is 0.216. The quantitative estimate of drug-likeness (QED) is 0.890. The van der Waals surface area contributed by atoms with E-state index in [1.807, 2.05) is 17.4 Å². The molecule has 2 atom stereocenters. The third-order valence-electron chi connectivity index (χ3n) is 3.68. The van der Waals surface area contributed by atoms with Crippen LogP contribution in [0.5, 0.6) is 0 Å². The van der Waals surface area contributed by atoms with Crippen molar-refractivity contribution in [2.24, 2.45) is 5.73 Å². The SMILES string of the molecule is NC(Cc1ccc(Cl)s1)C1CCCc2sccc21. The van der Waals surface area contributed by atoms with E-state index in [-0.39, 0.29) is 6.04 Å². The van der Waals surface area contributed by atoms with E-state index in [1.54, 1.807) is 16.2 Å². The highest BCUT2D eigenvalue weighted by molar-refractivity contribution is 7.16. The fourth-order valence-electron chi connectivity index (χ4n) is 2.80. The predicted molar refractivity (Wildman–Crippen MR) is 81.0 cm³/mol. The summed E-state index contributed by atoms with van der Waals surface area (Å²) in [6, 6.07) is 6.55. The van der Waals surface area contributed by atoms with Crippen molar-refractivity contribution in [3.63, 3.8) is 0 Å². The Hall–Kier alpha value is -0.350. The van der Waals surface area contributed by atoms with Gasteiger partial charge in [0, 0.05) is 21.7 Å². The van der Waals surface area contributed by atoms with Crippen LogP contribution in [0.1, 0.15) is 34.1 Å². The number of hydrogen-bond donors (Lipinski definition) is 1. The Bertz CT molecular complexity index is 531. The monoisotopic (exact) mass is 297 g/mol. The van der Waals surface area contributed by atoms with Crippen molar-refractivity contribution in [1.82, 2.24) is 0 Å². The van der Waals surface area contributed by atoms with Crippen LogP contribution in [0.2, 0.25) is 4.34 Å². The molecule has 96 valence electrons. The van der Waals surface area contributed by atoms with Gasteiger partial charge in [-0.15, -0.1) is 22.7 Å². The van der Waals surface area contributed by atoms with Crippen LogP contribution < -0.4 is 5.73 Å². The zero-order chi connectivity index (χ0) is 12.5. The number of hydrogen-bond acceptors (Lipinski definition) is 3. The standard InChI is InChI=1S/C14H16ClNS2/c15-14-5-4-9(18-14)8-12(16)10-2-1-3-13-11(10)6-7-17-13/h4-7,10,12H,1-3,8,16H2. The van der Waals surface area contributed by atoms with Crippen LogP contribution in [0.3, 0.4) is 0 Å². The summed E-state index contributed by atoms with van der Waals surface area (Å²) in [6.07, 6.45) is 4.68. The van der Waals surface area contributed by atoms with Gasteiger partial charge in [0.15, 0.2) is 0 Å². The van der Waals surface area contributed by atoms with E-state index in [2.05, 4.69) is 17.5 Å². The number of rotatable bonds is 3. The molecule has 1 aliphatic rings. The van der Waals surface area contributed by atoms with Crippen molar-refractivity contribution in [1.29, 1.82) is 0 Å². The molecule has 2 aromatic rings. The average Bonchev–Trinajstić information content (AvgIpc) is 2.97. The van der Waals surface area contributed by atoms with E-state index in [4.69, 9.17) is 17.3 Å². The van der Waals surface area contributed by atoms with Gasteiger partial charge in [0.2, 0.25) is 0 Å². The number of halogens is 1. The van der Waals surface area contributed by atoms with E-state index in [9.17, 15) is 0 Å². The maximum Gasteiger partial charge on any atom is 0.0931 e. The van der Waals surface area contributed by atoms with Crippen molar-refractivity contribution in [2.75, 3.05) is 0 Å². The van der Waals surface area contributed by atoms with E-state index in [0.29, 0.717) is 5.92 Å². The van der Waals surface area contributed by atoms with E-state index in [0.717, 1.165) is 10.8 Å². The van der Waals surface area contributed by atoms with E-state index in [1.165, 1.54) is 29.7 Å². The highest BCUT2D eigenvalue weighted by Crippen LogP contribution is 2.37. The highest BCUT2D eigenvalue weighted by atomic mass is 35.5. The second kappa shape index (κ2) is 5.33. The summed E-state index contributed by atoms with van der Waals surface area (Å²) in [5, 5.41) is 2.21. The zero-order valence-electron chi connectivity index (χ0n) is 10.1. The van der Waals surface area contributed by atoms with Gasteiger partial charge in [-0.25, -0.2) is 0 Å². The zero-order valence-corrected chi connectivity index (χ0v) is 12.5. The molecule has 0 bridgehead atoms. The normalized spacial score (nSPS) is 20.7. The van der Waals surface area contributed by atoms with Crippen LogP contribution in [-0.2, 0) is 12.8 Å². The Balaban J connectivity index is 1.76. The van der Waals surface area contributed by atoms with Crippen LogP contribution in [0.25, 0.3) is 0 Å². The first-order valence-electron chi connectivity index (χ1n) is 6.30. The molecule has 2 aromatic heterocycles. The molecular formula is C14H16ClNS2. The molecule has 0 amide bonds. The van der Waals surface area contributed by atoms with Crippen molar-refractivity contribution in [3.05, 3.63) is 43.2 Å². The van der Waals surface area contributed by atoms with Gasteiger partial charge < -0.3 is 5.73 Å². The molecule has 0 saturated carbocycles. The Morgan fingerprint density at radius 3 is 3.06 bits per heavy atom. The smallest absolute Gasteiger partial charge is 0.0931 e. The molecule has 0 fully saturated rings. The lowest BCUT2D eigenvalue weighted by Gasteiger charge is -2.27. The maximum atomic E-state index is 6.43. The summed E-state index contributed by atoms with van der Waals surface area (Å²) in [4.78, 5) is 2.85. The fourth-order valence-corrected chi connectivity index (χ4v) is 4.96. The summed E-state index contributed by atoms with van der Waals surface area (Å²) < 4.78 is 0.858. The summed E-state index contributed by atoms with van der Waals surface area (Å²) in [6.45, 7) is 0. The first-order chi connectivity index (χ1) is 8.74. The lowest BCUT2D eigenvalue weighted by Crippen LogP contribution is -2.32. The largest absolute Gasteiger partial charge is 0.327 e. The maximum absolute atomic E-state index is 6.43. The van der Waals surface area contributed by atoms with E-state index < -0.39 is 0 Å². The molecule has 2 N–H and O–H groups in total. The van der Waals surface area contributed by atoms with Crippen LogP contribution in [-0.4, -0.2) is 6.04 Å². The van der Waals surface area contributed by atoms with E-state index >= 15 is 0 Å². The van der Waals surface area contributed by atoms with Gasteiger partial charge in [-0.05, 0) is 54.8 Å². The molecule has 4 heteroatoms. The summed E-state index contributed by atoms with van der Waals surface area (Å²) >= 11 is 9.51. The Morgan fingerprint density at radius 1 is 1.39 bits per heavy atom. The van der Waals surface area contributed by atoms with Crippen LogP contribution in [0.4, 0.5) is 0 Å². The van der Waals surface area contributed by atoms with Gasteiger partial charge in [-0.1, -0.05) is 11.6 Å². The average molecular weight is 298 g/mol. The molecule has 2 heterocycles. The molecule has 0 spiro atoms. The Labute approximate surface area is 121 Å². The molecule has 18 heavy (non-hydrogen) atoms. The fraction of sp³-hybridized carbons (Fsp3) is 0.429. The highest BCUT2D eigenvalue weighted by Gasteiger charge is 2.26. The van der Waals surface area contributed by atoms with Gasteiger partial charge in [0.1, 0.15) is 0 Å². The molecule has 2 unspecified atom stereocenters. The topological polar surface area (TPSA) is 26.0 Å². The van der Waals surface area contributed by atoms with Crippen LogP contribution >= 0.6 is 34.3 Å². The van der Waals surface area contributed by atoms with Gasteiger partial charge in [-0.3, -0.25) is 0 Å². The lowest BCUT2D eigenvalue weighted by atomic mass is 9.81. The first kappa shape index (κ1) is 12.7. The van der Waals surface area contributed by atoms with Gasteiger partial charge in [-0.2, -0.15) is 0 Å². The number of fused-ring (bicyclic) bond motifs is 1. The van der Waals surface area contributed by atoms with Gasteiger partial charge >= 0.3 is 0 Å². The van der Waals surface area contributed by atoms with Crippen molar-refractivity contribution in [2.45, 2.75) is 37.6 Å². The number of nitrogens with two attached hydrogens (primary N) is 1. The van der Waals surface area contributed by atoms with Gasteiger partial charge in [0.25, 0.3) is 0 Å². The molecule has 1 nitrogen and oxygen atoms in total. The molecule has 0 saturated heterocycles. The second-order valence-electron chi connectivity index (χ2n) is 4.87. The van der Waals surface area contributed by atoms with Crippen molar-refractivity contribution < 1.29 is 0 Å². The van der Waals surface area contributed by atoms with Crippen molar-refractivity contribution >= 4 is 34.3 Å². The number of aryl methyl sites for hydroxylation is 1. The third-order valence-corrected chi connectivity index (χ3v) is 5.93. The van der Waals surface area contributed by atoms with Crippen molar-refractivity contribution in [3.8, 4) is 0 Å². The van der Waals surface area contributed by atoms with Gasteiger partial charge in [0.05, 0.1) is 4.34 Å². The minimum atomic E-state index is 0.216. The predicted octanol–water partition coefficient (Wildman–Crippen LogP) is 4.45. The number of thiophene rings is 2.